The number of hydrogen-bond donors (Lipinski definition) is 0. The Morgan fingerprint density at radius 3 is 2.13 bits per heavy atom. The highest BCUT2D eigenvalue weighted by Gasteiger charge is 2.50. The van der Waals surface area contributed by atoms with E-state index >= 15 is 0 Å². The van der Waals surface area contributed by atoms with Crippen LogP contribution in [0.2, 0.25) is 5.04 Å². The van der Waals surface area contributed by atoms with Crippen molar-refractivity contribution < 1.29 is 4.43 Å². The van der Waals surface area contributed by atoms with Crippen molar-refractivity contribution in [2.75, 3.05) is 6.61 Å². The number of nitriles is 1. The van der Waals surface area contributed by atoms with Gasteiger partial charge in [0.15, 0.2) is 0 Å². The second kappa shape index (κ2) is 10.8. The van der Waals surface area contributed by atoms with Crippen molar-refractivity contribution in [2.45, 2.75) is 58.0 Å². The van der Waals surface area contributed by atoms with Crippen LogP contribution in [-0.4, -0.2) is 19.5 Å². The molecule has 1 aliphatic rings. The van der Waals surface area contributed by atoms with Gasteiger partial charge >= 0.3 is 0 Å². The molecule has 4 aromatic rings. The molecule has 3 aromatic carbocycles. The summed E-state index contributed by atoms with van der Waals surface area (Å²) in [7, 11) is -2.58. The molecule has 3 nitrogen and oxygen atoms in total. The van der Waals surface area contributed by atoms with Crippen LogP contribution in [0.1, 0.15) is 52.0 Å². The van der Waals surface area contributed by atoms with Gasteiger partial charge in [0.05, 0.1) is 12.0 Å². The van der Waals surface area contributed by atoms with Gasteiger partial charge in [0.1, 0.15) is 0 Å². The lowest BCUT2D eigenvalue weighted by atomic mass is 9.95. The Morgan fingerprint density at radius 2 is 1.61 bits per heavy atom. The molecule has 0 radical (unpaired) electrons. The van der Waals surface area contributed by atoms with Crippen LogP contribution in [0.3, 0.4) is 0 Å². The van der Waals surface area contributed by atoms with Gasteiger partial charge in [-0.25, -0.2) is 0 Å². The highest BCUT2D eigenvalue weighted by Crippen LogP contribution is 2.45. The zero-order valence-electron chi connectivity index (χ0n) is 22.8. The molecular formula is C33H37BrN2OSi. The number of hydrogen-bond acceptors (Lipinski definition) is 2. The second-order valence-corrected chi connectivity index (χ2v) is 17.1. The maximum absolute atomic E-state index is 9.98. The van der Waals surface area contributed by atoms with Crippen LogP contribution in [0.4, 0.5) is 0 Å². The average molecular weight is 586 g/mol. The number of aromatic nitrogens is 1. The molecule has 0 spiro atoms. The van der Waals surface area contributed by atoms with Crippen molar-refractivity contribution in [3.05, 3.63) is 95.1 Å². The first-order valence-electron chi connectivity index (χ1n) is 13.7. The van der Waals surface area contributed by atoms with Crippen molar-refractivity contribution in [3.63, 3.8) is 0 Å². The van der Waals surface area contributed by atoms with Gasteiger partial charge < -0.3 is 8.99 Å². The molecule has 1 aliphatic carbocycles. The van der Waals surface area contributed by atoms with E-state index in [1.54, 1.807) is 0 Å². The molecule has 38 heavy (non-hydrogen) atoms. The van der Waals surface area contributed by atoms with E-state index in [-0.39, 0.29) is 11.0 Å². The van der Waals surface area contributed by atoms with Gasteiger partial charge in [-0.3, -0.25) is 0 Å². The molecule has 0 N–H and O–H groups in total. The normalized spacial score (nSPS) is 15.8. The van der Waals surface area contributed by atoms with Crippen LogP contribution < -0.4 is 10.4 Å². The predicted octanol–water partition coefficient (Wildman–Crippen LogP) is 7.63. The summed E-state index contributed by atoms with van der Waals surface area (Å²) in [5.41, 5.74) is 2.37. The number of halogens is 1. The maximum Gasteiger partial charge on any atom is 0.261 e. The first-order chi connectivity index (χ1) is 18.2. The van der Waals surface area contributed by atoms with E-state index in [2.05, 4.69) is 139 Å². The van der Waals surface area contributed by atoms with E-state index in [4.69, 9.17) is 4.43 Å². The second-order valence-electron chi connectivity index (χ2n) is 11.9. The van der Waals surface area contributed by atoms with Crippen molar-refractivity contribution in [1.82, 2.24) is 4.57 Å². The Kier molecular flexibility index (Phi) is 7.69. The average Bonchev–Trinajstić information content (AvgIpc) is 3.68. The lowest BCUT2D eigenvalue weighted by Gasteiger charge is -2.43. The third kappa shape index (κ3) is 5.15. The van der Waals surface area contributed by atoms with Crippen LogP contribution in [-0.2, 0) is 11.0 Å². The van der Waals surface area contributed by atoms with E-state index in [1.165, 1.54) is 26.8 Å². The Balaban J connectivity index is 1.47. The van der Waals surface area contributed by atoms with Gasteiger partial charge in [0.25, 0.3) is 8.32 Å². The quantitative estimate of drug-likeness (QED) is 0.190. The number of benzene rings is 3. The molecule has 0 bridgehead atoms. The minimum absolute atomic E-state index is 0.0245. The highest BCUT2D eigenvalue weighted by atomic mass is 79.9. The molecule has 2 atom stereocenters. The fourth-order valence-electron chi connectivity index (χ4n) is 5.97. The Hall–Kier alpha value is -2.65. The van der Waals surface area contributed by atoms with Gasteiger partial charge in [-0.1, -0.05) is 110 Å². The van der Waals surface area contributed by atoms with Gasteiger partial charge in [0.2, 0.25) is 0 Å². The number of nitrogens with zero attached hydrogens (tertiary/aromatic N) is 2. The summed E-state index contributed by atoms with van der Waals surface area (Å²) < 4.78 is 10.6. The van der Waals surface area contributed by atoms with Crippen LogP contribution >= 0.6 is 15.9 Å². The Labute approximate surface area is 236 Å². The van der Waals surface area contributed by atoms with E-state index < -0.39 is 8.32 Å². The van der Waals surface area contributed by atoms with Crippen molar-refractivity contribution in [1.29, 1.82) is 5.26 Å². The van der Waals surface area contributed by atoms with Crippen LogP contribution in [0.15, 0.2) is 89.5 Å². The lowest BCUT2D eigenvalue weighted by molar-refractivity contribution is 0.232. The molecule has 1 unspecified atom stereocenters. The van der Waals surface area contributed by atoms with Crippen molar-refractivity contribution in [3.8, 4) is 6.07 Å². The Morgan fingerprint density at radius 1 is 1.00 bits per heavy atom. The first-order valence-corrected chi connectivity index (χ1v) is 16.4. The highest BCUT2D eigenvalue weighted by molar-refractivity contribution is 9.10. The van der Waals surface area contributed by atoms with E-state index in [1.807, 2.05) is 0 Å². The zero-order chi connectivity index (χ0) is 26.9. The van der Waals surface area contributed by atoms with E-state index in [0.717, 1.165) is 23.9 Å². The molecule has 0 amide bonds. The molecule has 1 heterocycles. The minimum atomic E-state index is -2.58. The number of fused-ring (bicyclic) bond motifs is 1. The molecule has 0 aliphatic heterocycles. The summed E-state index contributed by atoms with van der Waals surface area (Å²) in [6, 6.07) is 30.8. The van der Waals surface area contributed by atoms with E-state index in [0.29, 0.717) is 18.4 Å². The van der Waals surface area contributed by atoms with Crippen molar-refractivity contribution in [2.24, 2.45) is 11.8 Å². The number of rotatable bonds is 9. The van der Waals surface area contributed by atoms with Gasteiger partial charge in [-0.2, -0.15) is 5.26 Å². The summed E-state index contributed by atoms with van der Waals surface area (Å²) >= 11 is 3.67. The summed E-state index contributed by atoms with van der Waals surface area (Å²) in [6.07, 6.45) is 4.55. The predicted molar refractivity (Wildman–Crippen MR) is 163 cm³/mol. The monoisotopic (exact) mass is 584 g/mol. The summed E-state index contributed by atoms with van der Waals surface area (Å²) in [4.78, 5) is 0. The van der Waals surface area contributed by atoms with Gasteiger partial charge in [0, 0.05) is 34.7 Å². The zero-order valence-corrected chi connectivity index (χ0v) is 25.4. The molecule has 0 saturated heterocycles. The first kappa shape index (κ1) is 26.9. The lowest BCUT2D eigenvalue weighted by Crippen LogP contribution is -2.66. The topological polar surface area (TPSA) is 38.0 Å². The van der Waals surface area contributed by atoms with Crippen LogP contribution in [0.5, 0.6) is 0 Å². The van der Waals surface area contributed by atoms with Gasteiger partial charge in [-0.05, 0) is 57.8 Å². The van der Waals surface area contributed by atoms with Crippen LogP contribution in [0, 0.1) is 23.2 Å². The standard InChI is InChI=1S/C33H37BrN2OSi/c1-24(21-36-22-31(30(20-35)25-15-16-25)29-18-17-26(34)19-32(29)36)23-37-38(33(2,3)4,27-11-7-5-8-12-27)28-13-9-6-10-14-28/h5-14,17-19,22,24-25,30H,15-16,21,23H2,1-4H3/t24-,30?/m0/s1. The minimum Gasteiger partial charge on any atom is -0.407 e. The molecule has 5 rings (SSSR count). The van der Waals surface area contributed by atoms with E-state index in [9.17, 15) is 5.26 Å². The molecular weight excluding hydrogens is 548 g/mol. The largest absolute Gasteiger partial charge is 0.407 e. The van der Waals surface area contributed by atoms with Gasteiger partial charge in [-0.15, -0.1) is 0 Å². The molecule has 1 aromatic heterocycles. The third-order valence-electron chi connectivity index (χ3n) is 7.95. The molecule has 5 heteroatoms. The summed E-state index contributed by atoms with van der Waals surface area (Å²) in [6.45, 7) is 10.8. The molecule has 1 fully saturated rings. The maximum atomic E-state index is 9.98. The smallest absolute Gasteiger partial charge is 0.261 e. The molecule has 1 saturated carbocycles. The summed E-state index contributed by atoms with van der Waals surface area (Å²) in [5.74, 6) is 0.766. The Bertz CT molecular complexity index is 1390. The van der Waals surface area contributed by atoms with Crippen LogP contribution in [0.25, 0.3) is 10.9 Å². The van der Waals surface area contributed by atoms with Crippen molar-refractivity contribution >= 4 is 45.5 Å². The fourth-order valence-corrected chi connectivity index (χ4v) is 11.0. The third-order valence-corrected chi connectivity index (χ3v) is 13.5. The fraction of sp³-hybridized carbons (Fsp3) is 0.364. The SMILES string of the molecule is C[C@H](CO[Si](c1ccccc1)(c1ccccc1)C(C)(C)C)Cn1cc(C(C#N)C2CC2)c2ccc(Br)cc21. The summed E-state index contributed by atoms with van der Waals surface area (Å²) in [5, 5.41) is 13.8. The molecule has 196 valence electrons.